The first-order chi connectivity index (χ1) is 4.77. The van der Waals surface area contributed by atoms with Crippen LogP contribution in [0.25, 0.3) is 0 Å². The molecule has 0 aliphatic carbocycles. The molecule has 0 rings (SSSR count). The molecule has 0 heterocycles. The van der Waals surface area contributed by atoms with Gasteiger partial charge in [0.15, 0.2) is 0 Å². The average Bonchev–Trinajstić information content (AvgIpc) is 1.55. The monoisotopic (exact) mass is 179 g/mol. The van der Waals surface area contributed by atoms with Crippen molar-refractivity contribution in [3.8, 4) is 6.07 Å². The summed E-state index contributed by atoms with van der Waals surface area (Å²) in [5, 5.41) is 8.23. The molecule has 0 amide bonds. The second kappa shape index (κ2) is 3.18. The molecular formula is C6H10FNO2S. The molecule has 0 fully saturated rings. The molecule has 0 bridgehead atoms. The summed E-state index contributed by atoms with van der Waals surface area (Å²) in [5.74, 6) is -0.590. The van der Waals surface area contributed by atoms with Crippen LogP contribution in [0.2, 0.25) is 0 Å². The third-order valence-corrected chi connectivity index (χ3v) is 2.25. The number of nitrogens with zero attached hydrogens (tertiary/aromatic N) is 1. The number of nitriles is 1. The highest BCUT2D eigenvalue weighted by Crippen LogP contribution is 2.22. The Kier molecular flexibility index (Phi) is 3.00. The maximum atomic E-state index is 12.1. The Morgan fingerprint density at radius 1 is 1.55 bits per heavy atom. The predicted octanol–water partition coefficient (Wildman–Crippen LogP) is 1.23. The molecule has 0 N–H and O–H groups in total. The van der Waals surface area contributed by atoms with E-state index in [-0.39, 0.29) is 6.42 Å². The van der Waals surface area contributed by atoms with Gasteiger partial charge in [-0.1, -0.05) is 13.8 Å². The van der Waals surface area contributed by atoms with E-state index in [4.69, 9.17) is 5.26 Å². The van der Waals surface area contributed by atoms with Crippen molar-refractivity contribution in [1.82, 2.24) is 0 Å². The second-order valence-corrected chi connectivity index (χ2v) is 4.55. The maximum Gasteiger partial charge on any atom is 0.302 e. The summed E-state index contributed by atoms with van der Waals surface area (Å²) in [6, 6.07) is 1.80. The Bertz CT molecular complexity index is 263. The molecule has 0 saturated heterocycles. The van der Waals surface area contributed by atoms with Crippen LogP contribution in [-0.2, 0) is 10.2 Å². The normalized spacial score (nSPS) is 12.5. The van der Waals surface area contributed by atoms with Crippen LogP contribution in [0.5, 0.6) is 0 Å². The van der Waals surface area contributed by atoms with E-state index in [1.165, 1.54) is 13.8 Å². The van der Waals surface area contributed by atoms with E-state index in [9.17, 15) is 12.3 Å². The number of rotatable bonds is 3. The SMILES string of the molecule is CC(C)(CC#N)CS(=O)(=O)F. The van der Waals surface area contributed by atoms with Gasteiger partial charge in [-0.15, -0.1) is 3.89 Å². The van der Waals surface area contributed by atoms with Gasteiger partial charge in [0.25, 0.3) is 0 Å². The van der Waals surface area contributed by atoms with E-state index < -0.39 is 21.4 Å². The average molecular weight is 179 g/mol. The first-order valence-corrected chi connectivity index (χ1v) is 4.61. The van der Waals surface area contributed by atoms with Gasteiger partial charge in [-0.3, -0.25) is 0 Å². The summed E-state index contributed by atoms with van der Waals surface area (Å²) in [6.45, 7) is 3.07. The standard InChI is InChI=1S/C6H10FNO2S/c1-6(2,3-4-8)5-11(7,9)10/h3,5H2,1-2H3. The molecule has 0 spiro atoms. The van der Waals surface area contributed by atoms with Crippen molar-refractivity contribution in [3.63, 3.8) is 0 Å². The maximum absolute atomic E-state index is 12.1. The zero-order valence-corrected chi connectivity index (χ0v) is 7.28. The lowest BCUT2D eigenvalue weighted by molar-refractivity contribution is 0.413. The first-order valence-electron chi connectivity index (χ1n) is 3.06. The molecule has 0 unspecified atom stereocenters. The quantitative estimate of drug-likeness (QED) is 0.612. The van der Waals surface area contributed by atoms with Crippen molar-refractivity contribution in [3.05, 3.63) is 0 Å². The Labute approximate surface area is 66.0 Å². The molecule has 0 aromatic carbocycles. The molecule has 0 radical (unpaired) electrons. The van der Waals surface area contributed by atoms with Gasteiger partial charge < -0.3 is 0 Å². The molecule has 11 heavy (non-hydrogen) atoms. The van der Waals surface area contributed by atoms with Gasteiger partial charge in [-0.2, -0.15) is 13.7 Å². The summed E-state index contributed by atoms with van der Waals surface area (Å²) in [5.41, 5.74) is -0.789. The Morgan fingerprint density at radius 3 is 2.27 bits per heavy atom. The molecule has 0 atom stereocenters. The number of hydrogen-bond donors (Lipinski definition) is 0. The van der Waals surface area contributed by atoms with Gasteiger partial charge in [0.2, 0.25) is 0 Å². The molecule has 0 aliphatic rings. The first kappa shape index (κ1) is 10.4. The summed E-state index contributed by atoms with van der Waals surface area (Å²) in [6.07, 6.45) is 0.0378. The second-order valence-electron chi connectivity index (χ2n) is 3.18. The molecule has 5 heteroatoms. The van der Waals surface area contributed by atoms with Crippen molar-refractivity contribution in [2.45, 2.75) is 20.3 Å². The lowest BCUT2D eigenvalue weighted by Gasteiger charge is -2.17. The van der Waals surface area contributed by atoms with Gasteiger partial charge in [-0.25, -0.2) is 0 Å². The van der Waals surface area contributed by atoms with Gasteiger partial charge in [-0.05, 0) is 5.41 Å². The molecule has 0 aliphatic heterocycles. The molecule has 0 aromatic rings. The Morgan fingerprint density at radius 2 is 2.00 bits per heavy atom. The minimum absolute atomic E-state index is 0.0378. The third kappa shape index (κ3) is 5.80. The lowest BCUT2D eigenvalue weighted by atomic mass is 9.93. The molecule has 3 nitrogen and oxygen atoms in total. The fourth-order valence-corrected chi connectivity index (χ4v) is 1.77. The van der Waals surface area contributed by atoms with Crippen LogP contribution in [0.1, 0.15) is 20.3 Å². The van der Waals surface area contributed by atoms with Crippen molar-refractivity contribution < 1.29 is 12.3 Å². The van der Waals surface area contributed by atoms with Crippen LogP contribution in [-0.4, -0.2) is 14.2 Å². The van der Waals surface area contributed by atoms with E-state index in [0.29, 0.717) is 0 Å². The minimum Gasteiger partial charge on any atom is -0.198 e. The molecular weight excluding hydrogens is 169 g/mol. The van der Waals surface area contributed by atoms with Crippen LogP contribution in [0.15, 0.2) is 0 Å². The summed E-state index contributed by atoms with van der Waals surface area (Å²) < 4.78 is 32.4. The van der Waals surface area contributed by atoms with Crippen molar-refractivity contribution >= 4 is 10.2 Å². The predicted molar refractivity (Wildman–Crippen MR) is 38.9 cm³/mol. The zero-order valence-electron chi connectivity index (χ0n) is 6.46. The van der Waals surface area contributed by atoms with E-state index in [1.807, 2.05) is 0 Å². The van der Waals surface area contributed by atoms with Crippen LogP contribution < -0.4 is 0 Å². The molecule has 0 aromatic heterocycles. The van der Waals surface area contributed by atoms with E-state index in [0.717, 1.165) is 0 Å². The zero-order chi connectivity index (χ0) is 9.12. The van der Waals surface area contributed by atoms with Crippen LogP contribution >= 0.6 is 0 Å². The summed E-state index contributed by atoms with van der Waals surface area (Å²) in [4.78, 5) is 0. The fraction of sp³-hybridized carbons (Fsp3) is 0.833. The fourth-order valence-electron chi connectivity index (χ4n) is 0.732. The van der Waals surface area contributed by atoms with E-state index in [2.05, 4.69) is 0 Å². The highest BCUT2D eigenvalue weighted by atomic mass is 32.3. The topological polar surface area (TPSA) is 57.9 Å². The number of hydrogen-bond acceptors (Lipinski definition) is 3. The minimum atomic E-state index is -4.46. The Hall–Kier alpha value is -0.630. The van der Waals surface area contributed by atoms with Gasteiger partial charge in [0.05, 0.1) is 11.8 Å². The van der Waals surface area contributed by atoms with Crippen molar-refractivity contribution in [2.75, 3.05) is 5.75 Å². The highest BCUT2D eigenvalue weighted by molar-refractivity contribution is 7.86. The van der Waals surface area contributed by atoms with Gasteiger partial charge in [0.1, 0.15) is 0 Å². The Balaban J connectivity index is 4.27. The van der Waals surface area contributed by atoms with Gasteiger partial charge >= 0.3 is 10.2 Å². The third-order valence-electron chi connectivity index (χ3n) is 1.12. The summed E-state index contributed by atoms with van der Waals surface area (Å²) in [7, 11) is -4.46. The van der Waals surface area contributed by atoms with Crippen LogP contribution in [0, 0.1) is 16.7 Å². The number of halogens is 1. The van der Waals surface area contributed by atoms with Gasteiger partial charge in [0, 0.05) is 6.42 Å². The van der Waals surface area contributed by atoms with Crippen LogP contribution in [0.3, 0.4) is 0 Å². The van der Waals surface area contributed by atoms with E-state index in [1.54, 1.807) is 6.07 Å². The molecule has 0 saturated carbocycles. The summed E-state index contributed by atoms with van der Waals surface area (Å²) >= 11 is 0. The molecule has 64 valence electrons. The smallest absolute Gasteiger partial charge is 0.198 e. The highest BCUT2D eigenvalue weighted by Gasteiger charge is 2.25. The lowest BCUT2D eigenvalue weighted by Crippen LogP contribution is -2.20. The largest absolute Gasteiger partial charge is 0.302 e. The van der Waals surface area contributed by atoms with Crippen molar-refractivity contribution in [1.29, 1.82) is 5.26 Å². The van der Waals surface area contributed by atoms with E-state index >= 15 is 0 Å². The van der Waals surface area contributed by atoms with Crippen molar-refractivity contribution in [2.24, 2.45) is 5.41 Å². The van der Waals surface area contributed by atoms with Crippen LogP contribution in [0.4, 0.5) is 3.89 Å².